The molecule has 0 spiro atoms. The zero-order valence-electron chi connectivity index (χ0n) is 15.0. The molecule has 1 saturated heterocycles. The Hall–Kier alpha value is -2.54. The van der Waals surface area contributed by atoms with Crippen LogP contribution in [0.25, 0.3) is 0 Å². The van der Waals surface area contributed by atoms with Gasteiger partial charge in [-0.1, -0.05) is 23.7 Å². The summed E-state index contributed by atoms with van der Waals surface area (Å²) in [7, 11) is 3.68. The van der Waals surface area contributed by atoms with Gasteiger partial charge in [0.2, 0.25) is 5.91 Å². The molecule has 0 saturated carbocycles. The monoisotopic (exact) mass is 374 g/mol. The second-order valence-electron chi connectivity index (χ2n) is 6.22. The highest BCUT2D eigenvalue weighted by molar-refractivity contribution is 6.30. The van der Waals surface area contributed by atoms with Crippen LogP contribution in [0.3, 0.4) is 0 Å². The number of aromatic nitrogens is 2. The molecule has 1 aromatic heterocycles. The average molecular weight is 375 g/mol. The van der Waals surface area contributed by atoms with Crippen LogP contribution in [0, 0.1) is 0 Å². The molecule has 1 amide bonds. The summed E-state index contributed by atoms with van der Waals surface area (Å²) in [6.45, 7) is 2.87. The van der Waals surface area contributed by atoms with Crippen molar-refractivity contribution in [2.45, 2.75) is 13.1 Å². The van der Waals surface area contributed by atoms with E-state index >= 15 is 0 Å². The number of carbonyl (C=O) groups is 1. The van der Waals surface area contributed by atoms with Crippen LogP contribution >= 0.6 is 11.6 Å². The predicted octanol–water partition coefficient (Wildman–Crippen LogP) is 1.49. The number of halogens is 1. The van der Waals surface area contributed by atoms with E-state index in [0.717, 1.165) is 17.9 Å². The van der Waals surface area contributed by atoms with Gasteiger partial charge in [-0.2, -0.15) is 0 Å². The molecule has 2 heterocycles. The quantitative estimate of drug-likeness (QED) is 0.650. The Balaban J connectivity index is 1.55. The van der Waals surface area contributed by atoms with E-state index in [2.05, 4.69) is 15.3 Å². The van der Waals surface area contributed by atoms with Crippen molar-refractivity contribution < 1.29 is 4.79 Å². The number of nitrogens with zero attached hydrogens (tertiary/aromatic N) is 5. The van der Waals surface area contributed by atoms with Crippen LogP contribution in [0.2, 0.25) is 5.02 Å². The van der Waals surface area contributed by atoms with E-state index < -0.39 is 0 Å². The number of aliphatic imine (C=N–C) groups is 1. The lowest BCUT2D eigenvalue weighted by Gasteiger charge is -2.36. The molecule has 1 N–H and O–H groups in total. The third-order valence-corrected chi connectivity index (χ3v) is 4.69. The van der Waals surface area contributed by atoms with Crippen molar-refractivity contribution >= 4 is 23.5 Å². The van der Waals surface area contributed by atoms with Crippen LogP contribution in [0.5, 0.6) is 0 Å². The van der Waals surface area contributed by atoms with Crippen molar-refractivity contribution in [3.05, 3.63) is 53.1 Å². The van der Waals surface area contributed by atoms with Crippen LogP contribution in [-0.4, -0.2) is 57.9 Å². The zero-order valence-corrected chi connectivity index (χ0v) is 15.8. The Morgan fingerprint density at radius 2 is 2.08 bits per heavy atom. The molecule has 1 fully saturated rings. The molecular formula is C18H23ClN6O. The number of aryl methyl sites for hydroxylation is 1. The minimum Gasteiger partial charge on any atom is -0.349 e. The van der Waals surface area contributed by atoms with Gasteiger partial charge >= 0.3 is 0 Å². The standard InChI is InChI=1S/C18H23ClN6O/c1-20-18(22-11-16-21-7-8-23(16)2)25-10-9-24(17(26)13-25)12-14-3-5-15(19)6-4-14/h3-8H,9-13H2,1-2H3,(H,20,22). The summed E-state index contributed by atoms with van der Waals surface area (Å²) in [5, 5.41) is 3.98. The third kappa shape index (κ3) is 4.35. The number of nitrogens with one attached hydrogen (secondary N) is 1. The second-order valence-corrected chi connectivity index (χ2v) is 6.65. The van der Waals surface area contributed by atoms with Crippen LogP contribution in [-0.2, 0) is 24.9 Å². The van der Waals surface area contributed by atoms with E-state index in [-0.39, 0.29) is 5.91 Å². The summed E-state index contributed by atoms with van der Waals surface area (Å²) in [5.74, 6) is 1.72. The van der Waals surface area contributed by atoms with Gasteiger partial charge in [0.05, 0.1) is 13.1 Å². The highest BCUT2D eigenvalue weighted by atomic mass is 35.5. The number of benzene rings is 1. The smallest absolute Gasteiger partial charge is 0.242 e. The molecule has 26 heavy (non-hydrogen) atoms. The lowest BCUT2D eigenvalue weighted by Crippen LogP contribution is -2.54. The number of guanidine groups is 1. The largest absolute Gasteiger partial charge is 0.349 e. The molecule has 0 bridgehead atoms. The van der Waals surface area contributed by atoms with Gasteiger partial charge in [-0.3, -0.25) is 9.79 Å². The normalized spacial score (nSPS) is 15.5. The molecule has 1 aromatic carbocycles. The van der Waals surface area contributed by atoms with Crippen LogP contribution in [0.4, 0.5) is 0 Å². The molecule has 7 nitrogen and oxygen atoms in total. The molecule has 8 heteroatoms. The molecule has 0 unspecified atom stereocenters. The maximum Gasteiger partial charge on any atom is 0.242 e. The molecule has 1 aliphatic rings. The van der Waals surface area contributed by atoms with Crippen LogP contribution in [0.1, 0.15) is 11.4 Å². The lowest BCUT2D eigenvalue weighted by molar-refractivity contribution is -0.135. The summed E-state index contributed by atoms with van der Waals surface area (Å²) in [5.41, 5.74) is 1.08. The predicted molar refractivity (Wildman–Crippen MR) is 102 cm³/mol. The topological polar surface area (TPSA) is 65.8 Å². The first-order chi connectivity index (χ1) is 12.6. The fourth-order valence-electron chi connectivity index (χ4n) is 2.92. The summed E-state index contributed by atoms with van der Waals surface area (Å²) < 4.78 is 1.95. The molecule has 2 aromatic rings. The van der Waals surface area contributed by atoms with Crippen molar-refractivity contribution in [1.29, 1.82) is 0 Å². The number of rotatable bonds is 4. The molecular weight excluding hydrogens is 352 g/mol. The SMILES string of the molecule is CN=C(NCc1nccn1C)N1CCN(Cc2ccc(Cl)cc2)C(=O)C1. The van der Waals surface area contributed by atoms with E-state index in [0.29, 0.717) is 37.2 Å². The molecule has 3 rings (SSSR count). The number of imidazole rings is 1. The van der Waals surface area contributed by atoms with Crippen molar-refractivity contribution in [3.8, 4) is 0 Å². The van der Waals surface area contributed by atoms with Crippen molar-refractivity contribution in [2.75, 3.05) is 26.7 Å². The molecule has 0 atom stereocenters. The van der Waals surface area contributed by atoms with Crippen LogP contribution in [0.15, 0.2) is 41.7 Å². The maximum absolute atomic E-state index is 12.5. The Kier molecular flexibility index (Phi) is 5.78. The van der Waals surface area contributed by atoms with Gasteiger partial charge in [0.1, 0.15) is 5.82 Å². The van der Waals surface area contributed by atoms with Crippen LogP contribution < -0.4 is 5.32 Å². The zero-order chi connectivity index (χ0) is 18.5. The number of piperazine rings is 1. The molecule has 0 radical (unpaired) electrons. The number of amides is 1. The van der Waals surface area contributed by atoms with Gasteiger partial charge < -0.3 is 19.7 Å². The van der Waals surface area contributed by atoms with E-state index in [9.17, 15) is 4.79 Å². The van der Waals surface area contributed by atoms with Gasteiger partial charge in [0, 0.05) is 51.1 Å². The average Bonchev–Trinajstić information content (AvgIpc) is 3.04. The number of carbonyl (C=O) groups excluding carboxylic acids is 1. The van der Waals surface area contributed by atoms with Crippen molar-refractivity contribution in [3.63, 3.8) is 0 Å². The van der Waals surface area contributed by atoms with Crippen molar-refractivity contribution in [2.24, 2.45) is 12.0 Å². The lowest BCUT2D eigenvalue weighted by atomic mass is 10.2. The second kappa shape index (κ2) is 8.23. The van der Waals surface area contributed by atoms with Gasteiger partial charge in [-0.15, -0.1) is 0 Å². The Labute approximate surface area is 158 Å². The number of hydrogen-bond acceptors (Lipinski definition) is 3. The van der Waals surface area contributed by atoms with Crippen molar-refractivity contribution in [1.82, 2.24) is 24.7 Å². The Bertz CT molecular complexity index is 785. The van der Waals surface area contributed by atoms with Gasteiger partial charge in [0.15, 0.2) is 5.96 Å². The minimum absolute atomic E-state index is 0.0890. The first-order valence-corrected chi connectivity index (χ1v) is 8.88. The van der Waals surface area contributed by atoms with Gasteiger partial charge in [-0.05, 0) is 17.7 Å². The number of hydrogen-bond donors (Lipinski definition) is 1. The van der Waals surface area contributed by atoms with E-state index in [1.54, 1.807) is 13.2 Å². The van der Waals surface area contributed by atoms with Gasteiger partial charge in [-0.25, -0.2) is 4.98 Å². The summed E-state index contributed by atoms with van der Waals surface area (Å²) in [4.78, 5) is 25.0. The van der Waals surface area contributed by atoms with E-state index in [1.165, 1.54) is 0 Å². The highest BCUT2D eigenvalue weighted by Gasteiger charge is 2.26. The Morgan fingerprint density at radius 3 is 2.69 bits per heavy atom. The highest BCUT2D eigenvalue weighted by Crippen LogP contribution is 2.13. The summed E-state index contributed by atoms with van der Waals surface area (Å²) >= 11 is 5.92. The van der Waals surface area contributed by atoms with Gasteiger partial charge in [0.25, 0.3) is 0 Å². The third-order valence-electron chi connectivity index (χ3n) is 4.44. The minimum atomic E-state index is 0.0890. The van der Waals surface area contributed by atoms with E-state index in [4.69, 9.17) is 11.6 Å². The fourth-order valence-corrected chi connectivity index (χ4v) is 3.05. The first-order valence-electron chi connectivity index (χ1n) is 8.51. The molecule has 138 valence electrons. The maximum atomic E-state index is 12.5. The summed E-state index contributed by atoms with van der Waals surface area (Å²) in [6, 6.07) is 7.60. The summed E-state index contributed by atoms with van der Waals surface area (Å²) in [6.07, 6.45) is 3.66. The Morgan fingerprint density at radius 1 is 1.31 bits per heavy atom. The van der Waals surface area contributed by atoms with E-state index in [1.807, 2.05) is 51.9 Å². The fraction of sp³-hybridized carbons (Fsp3) is 0.389. The first kappa shape index (κ1) is 18.3. The molecule has 0 aliphatic carbocycles. The molecule has 1 aliphatic heterocycles.